The molecular formula is C21H17BrN4O3. The van der Waals surface area contributed by atoms with E-state index in [1.165, 1.54) is 6.20 Å². The van der Waals surface area contributed by atoms with Gasteiger partial charge in [0.2, 0.25) is 5.95 Å². The van der Waals surface area contributed by atoms with Crippen LogP contribution in [-0.2, 0) is 7.05 Å². The molecule has 7 nitrogen and oxygen atoms in total. The Morgan fingerprint density at radius 2 is 2.03 bits per heavy atom. The summed E-state index contributed by atoms with van der Waals surface area (Å²) in [6.45, 7) is 2.03. The van der Waals surface area contributed by atoms with Gasteiger partial charge in [0.1, 0.15) is 5.75 Å². The maximum atomic E-state index is 11.3. The maximum absolute atomic E-state index is 11.3. The van der Waals surface area contributed by atoms with Crippen molar-refractivity contribution < 1.29 is 14.6 Å². The number of ether oxygens (including phenoxy) is 1. The second-order valence-electron chi connectivity index (χ2n) is 6.49. The molecule has 2 heterocycles. The Labute approximate surface area is 175 Å². The Morgan fingerprint density at radius 1 is 1.21 bits per heavy atom. The van der Waals surface area contributed by atoms with E-state index in [1.807, 2.05) is 42.8 Å². The van der Waals surface area contributed by atoms with Crippen molar-refractivity contribution in [2.24, 2.45) is 7.05 Å². The van der Waals surface area contributed by atoms with Gasteiger partial charge in [-0.05, 0) is 55.0 Å². The third kappa shape index (κ3) is 3.79. The lowest BCUT2D eigenvalue weighted by atomic mass is 10.2. The van der Waals surface area contributed by atoms with Crippen LogP contribution in [0.1, 0.15) is 16.1 Å². The van der Waals surface area contributed by atoms with Crippen molar-refractivity contribution in [1.29, 1.82) is 0 Å². The van der Waals surface area contributed by atoms with E-state index in [4.69, 9.17) is 4.74 Å². The largest absolute Gasteiger partial charge is 0.476 e. The maximum Gasteiger partial charge on any atom is 0.358 e. The van der Waals surface area contributed by atoms with E-state index in [9.17, 15) is 9.90 Å². The van der Waals surface area contributed by atoms with Crippen molar-refractivity contribution in [2.75, 3.05) is 5.32 Å². The number of rotatable bonds is 5. The number of aryl methyl sites for hydroxylation is 2. The predicted octanol–water partition coefficient (Wildman–Crippen LogP) is 5.27. The van der Waals surface area contributed by atoms with Gasteiger partial charge in [0.25, 0.3) is 0 Å². The lowest BCUT2D eigenvalue weighted by Crippen LogP contribution is -2.02. The number of nitrogens with zero attached hydrogens (tertiary/aromatic N) is 3. The van der Waals surface area contributed by atoms with Crippen LogP contribution in [0, 0.1) is 6.92 Å². The number of imidazole rings is 1. The van der Waals surface area contributed by atoms with Crippen molar-refractivity contribution in [3.8, 4) is 11.5 Å². The van der Waals surface area contributed by atoms with E-state index in [0.29, 0.717) is 11.7 Å². The summed E-state index contributed by atoms with van der Waals surface area (Å²) in [5.74, 6) is 0.207. The molecule has 0 aliphatic carbocycles. The Hall–Kier alpha value is -3.39. The second-order valence-corrected chi connectivity index (χ2v) is 7.35. The molecule has 0 fully saturated rings. The number of nitrogens with one attached hydrogen (secondary N) is 1. The molecule has 8 heteroatoms. The Bertz CT molecular complexity index is 1240. The summed E-state index contributed by atoms with van der Waals surface area (Å²) >= 11 is 3.50. The van der Waals surface area contributed by atoms with Crippen LogP contribution in [0.5, 0.6) is 11.5 Å². The molecule has 0 atom stereocenters. The lowest BCUT2D eigenvalue weighted by Gasteiger charge is -2.08. The van der Waals surface area contributed by atoms with E-state index in [1.54, 1.807) is 24.3 Å². The average molecular weight is 453 g/mol. The number of carboxylic acid groups (broad SMARTS) is 1. The molecule has 0 bridgehead atoms. The van der Waals surface area contributed by atoms with Gasteiger partial charge in [-0.25, -0.2) is 14.8 Å². The minimum Gasteiger partial charge on any atom is -0.476 e. The number of benzene rings is 2. The number of hydrogen-bond acceptors (Lipinski definition) is 5. The first-order valence-corrected chi connectivity index (χ1v) is 9.57. The highest BCUT2D eigenvalue weighted by Gasteiger charge is 2.14. The zero-order valence-electron chi connectivity index (χ0n) is 15.7. The van der Waals surface area contributed by atoms with Crippen LogP contribution in [0.4, 0.5) is 11.6 Å². The Morgan fingerprint density at radius 3 is 2.79 bits per heavy atom. The third-order valence-electron chi connectivity index (χ3n) is 4.47. The van der Waals surface area contributed by atoms with Gasteiger partial charge < -0.3 is 19.7 Å². The third-order valence-corrected chi connectivity index (χ3v) is 5.36. The summed E-state index contributed by atoms with van der Waals surface area (Å²) in [4.78, 5) is 19.8. The Balaban J connectivity index is 1.65. The lowest BCUT2D eigenvalue weighted by molar-refractivity contribution is 0.0687. The molecule has 4 aromatic rings. The number of carboxylic acids is 1. The molecule has 4 rings (SSSR count). The van der Waals surface area contributed by atoms with Crippen LogP contribution >= 0.6 is 15.9 Å². The minimum atomic E-state index is -1.14. The van der Waals surface area contributed by atoms with E-state index in [-0.39, 0.29) is 11.4 Å². The zero-order valence-corrected chi connectivity index (χ0v) is 17.3. The number of carbonyl (C=O) groups is 1. The van der Waals surface area contributed by atoms with Gasteiger partial charge in [0.05, 0.1) is 11.0 Å². The standard InChI is InChI=1S/C21H17BrN4O3/c1-12-10-13(5-7-15(12)22)24-21-25-16-11-14(6-8-17(16)26(21)2)29-18-4-3-9-23-19(18)20(27)28/h3-11H,1-2H3,(H,24,25)(H,27,28). The zero-order chi connectivity index (χ0) is 20.5. The molecule has 146 valence electrons. The van der Waals surface area contributed by atoms with Gasteiger partial charge in [0.15, 0.2) is 11.4 Å². The molecule has 0 unspecified atom stereocenters. The smallest absolute Gasteiger partial charge is 0.358 e. The highest BCUT2D eigenvalue weighted by Crippen LogP contribution is 2.29. The van der Waals surface area contributed by atoms with Gasteiger partial charge in [-0.2, -0.15) is 0 Å². The summed E-state index contributed by atoms with van der Waals surface area (Å²) in [6.07, 6.45) is 1.42. The first-order chi connectivity index (χ1) is 13.9. The van der Waals surface area contributed by atoms with Gasteiger partial charge in [-0.15, -0.1) is 0 Å². The molecule has 2 aromatic heterocycles. The minimum absolute atomic E-state index is 0.137. The van der Waals surface area contributed by atoms with E-state index in [0.717, 1.165) is 26.8 Å². The van der Waals surface area contributed by atoms with E-state index in [2.05, 4.69) is 31.2 Å². The molecule has 0 saturated carbocycles. The number of fused-ring (bicyclic) bond motifs is 1. The molecule has 2 aromatic carbocycles. The molecule has 0 radical (unpaired) electrons. The van der Waals surface area contributed by atoms with Gasteiger partial charge in [0, 0.05) is 29.5 Å². The van der Waals surface area contributed by atoms with Crippen molar-refractivity contribution in [2.45, 2.75) is 6.92 Å². The SMILES string of the molecule is Cc1cc(Nc2nc3cc(Oc4cccnc4C(=O)O)ccc3n2C)ccc1Br. The average Bonchev–Trinajstić information content (AvgIpc) is 3.00. The summed E-state index contributed by atoms with van der Waals surface area (Å²) in [6, 6.07) is 14.6. The summed E-state index contributed by atoms with van der Waals surface area (Å²) < 4.78 is 8.75. The number of anilines is 2. The van der Waals surface area contributed by atoms with E-state index < -0.39 is 5.97 Å². The highest BCUT2D eigenvalue weighted by molar-refractivity contribution is 9.10. The highest BCUT2D eigenvalue weighted by atomic mass is 79.9. The molecule has 0 aliphatic heterocycles. The fraction of sp³-hybridized carbons (Fsp3) is 0.0952. The van der Waals surface area contributed by atoms with E-state index >= 15 is 0 Å². The van der Waals surface area contributed by atoms with Crippen LogP contribution < -0.4 is 10.1 Å². The molecule has 0 saturated heterocycles. The summed E-state index contributed by atoms with van der Waals surface area (Å²) in [5.41, 5.74) is 3.55. The van der Waals surface area contributed by atoms with Crippen molar-refractivity contribution in [3.63, 3.8) is 0 Å². The van der Waals surface area contributed by atoms with Crippen molar-refractivity contribution in [3.05, 3.63) is 70.5 Å². The van der Waals surface area contributed by atoms with Crippen molar-refractivity contribution >= 4 is 44.6 Å². The number of aromatic nitrogens is 3. The van der Waals surface area contributed by atoms with Gasteiger partial charge in [-0.3, -0.25) is 0 Å². The molecule has 2 N–H and O–H groups in total. The normalized spacial score (nSPS) is 10.9. The molecule has 0 spiro atoms. The van der Waals surface area contributed by atoms with Crippen LogP contribution in [-0.4, -0.2) is 25.6 Å². The van der Waals surface area contributed by atoms with Crippen LogP contribution in [0.25, 0.3) is 11.0 Å². The first-order valence-electron chi connectivity index (χ1n) is 8.78. The number of hydrogen-bond donors (Lipinski definition) is 2. The second kappa shape index (κ2) is 7.56. The fourth-order valence-electron chi connectivity index (χ4n) is 2.97. The number of aromatic carboxylic acids is 1. The summed E-state index contributed by atoms with van der Waals surface area (Å²) in [5, 5.41) is 12.6. The predicted molar refractivity (Wildman–Crippen MR) is 114 cm³/mol. The first kappa shape index (κ1) is 18.9. The van der Waals surface area contributed by atoms with Gasteiger partial charge in [-0.1, -0.05) is 15.9 Å². The van der Waals surface area contributed by atoms with Crippen LogP contribution in [0.2, 0.25) is 0 Å². The van der Waals surface area contributed by atoms with Crippen LogP contribution in [0.15, 0.2) is 59.2 Å². The topological polar surface area (TPSA) is 89.3 Å². The fourth-order valence-corrected chi connectivity index (χ4v) is 3.21. The number of halogens is 1. The van der Waals surface area contributed by atoms with Crippen LogP contribution in [0.3, 0.4) is 0 Å². The summed E-state index contributed by atoms with van der Waals surface area (Å²) in [7, 11) is 1.92. The monoisotopic (exact) mass is 452 g/mol. The van der Waals surface area contributed by atoms with Gasteiger partial charge >= 0.3 is 5.97 Å². The number of pyridine rings is 1. The molecule has 0 amide bonds. The molecule has 29 heavy (non-hydrogen) atoms. The molecular weight excluding hydrogens is 436 g/mol. The van der Waals surface area contributed by atoms with Crippen molar-refractivity contribution in [1.82, 2.24) is 14.5 Å². The Kier molecular flexibility index (Phi) is 4.94. The quantitative estimate of drug-likeness (QED) is 0.428. The molecule has 0 aliphatic rings.